The Balaban J connectivity index is 1.20. The summed E-state index contributed by atoms with van der Waals surface area (Å²) >= 11 is 0. The maximum absolute atomic E-state index is 13.8. The zero-order valence-corrected chi connectivity index (χ0v) is 28.4. The number of nitrogens with one attached hydrogen (secondary N) is 2. The molecule has 3 aliphatic heterocycles. The third-order valence-electron chi connectivity index (χ3n) is 10.4. The van der Waals surface area contributed by atoms with Crippen molar-refractivity contribution in [2.75, 3.05) is 13.7 Å². The highest BCUT2D eigenvalue weighted by molar-refractivity contribution is 6.62. The van der Waals surface area contributed by atoms with Crippen LogP contribution in [0.15, 0.2) is 42.5 Å². The van der Waals surface area contributed by atoms with E-state index in [0.29, 0.717) is 13.2 Å². The number of fused-ring (bicyclic) bond motifs is 6. The summed E-state index contributed by atoms with van der Waals surface area (Å²) in [6.07, 6.45) is 0.157. The van der Waals surface area contributed by atoms with Crippen LogP contribution in [0.2, 0.25) is 0 Å². The summed E-state index contributed by atoms with van der Waals surface area (Å²) in [5.41, 5.74) is 5.16. The largest absolute Gasteiger partial charge is 0.494 e. The molecule has 2 N–H and O–H groups in total. The van der Waals surface area contributed by atoms with E-state index in [-0.39, 0.29) is 23.8 Å². The van der Waals surface area contributed by atoms with Gasteiger partial charge in [0, 0.05) is 17.5 Å². The third kappa shape index (κ3) is 5.33. The molecule has 2 fully saturated rings. The first-order valence-electron chi connectivity index (χ1n) is 16.5. The van der Waals surface area contributed by atoms with Crippen molar-refractivity contribution in [1.82, 2.24) is 20.2 Å². The quantitative estimate of drug-likeness (QED) is 0.263. The van der Waals surface area contributed by atoms with E-state index in [1.807, 2.05) is 24.8 Å². The van der Waals surface area contributed by atoms with Gasteiger partial charge in [-0.2, -0.15) is 0 Å². The summed E-state index contributed by atoms with van der Waals surface area (Å²) in [6.45, 7) is 15.2. The second-order valence-electron chi connectivity index (χ2n) is 14.7. The Labute approximate surface area is 275 Å². The molecule has 0 radical (unpaired) electrons. The molecule has 4 heterocycles. The summed E-state index contributed by atoms with van der Waals surface area (Å²) < 4.78 is 23.7. The van der Waals surface area contributed by atoms with E-state index >= 15 is 0 Å². The van der Waals surface area contributed by atoms with E-state index in [9.17, 15) is 9.59 Å². The fourth-order valence-electron chi connectivity index (χ4n) is 7.04. The first kappa shape index (κ1) is 31.5. The minimum atomic E-state index is -0.694. The van der Waals surface area contributed by atoms with Crippen LogP contribution in [0.25, 0.3) is 32.9 Å². The van der Waals surface area contributed by atoms with Gasteiger partial charge in [0.1, 0.15) is 24.2 Å². The second-order valence-corrected chi connectivity index (χ2v) is 14.7. The van der Waals surface area contributed by atoms with Crippen molar-refractivity contribution < 1.29 is 28.4 Å². The van der Waals surface area contributed by atoms with E-state index in [1.54, 1.807) is 0 Å². The van der Waals surface area contributed by atoms with Gasteiger partial charge in [0.15, 0.2) is 0 Å². The Kier molecular flexibility index (Phi) is 7.55. The zero-order valence-electron chi connectivity index (χ0n) is 28.4. The van der Waals surface area contributed by atoms with Crippen LogP contribution < -0.4 is 15.5 Å². The Morgan fingerprint density at radius 1 is 1.06 bits per heavy atom. The Morgan fingerprint density at radius 2 is 1.81 bits per heavy atom. The first-order chi connectivity index (χ1) is 22.3. The normalized spacial score (nSPS) is 21.9. The lowest BCUT2D eigenvalue weighted by molar-refractivity contribution is -0.135. The molecule has 0 bridgehead atoms. The number of aromatic nitrogens is 2. The van der Waals surface area contributed by atoms with Crippen LogP contribution in [0.5, 0.6) is 5.75 Å². The number of carbonyl (C=O) groups is 2. The SMILES string of the molecule is COC(=O)NC(C(=O)N1C[C@@H](C)C[C@H]1c1nc2c(ccc3cc4c(cc32)OCc2cc(B3OC(C)(C)C(C)(C)O3)ccc2-4)[nH]1)C(C)C. The number of ether oxygens (including phenoxy) is 2. The third-order valence-corrected chi connectivity index (χ3v) is 10.4. The van der Waals surface area contributed by atoms with Gasteiger partial charge in [-0.25, -0.2) is 9.78 Å². The molecule has 3 atom stereocenters. The van der Waals surface area contributed by atoms with Crippen LogP contribution in [0.3, 0.4) is 0 Å². The second kappa shape index (κ2) is 11.3. The van der Waals surface area contributed by atoms with Crippen molar-refractivity contribution in [1.29, 1.82) is 0 Å². The van der Waals surface area contributed by atoms with Crippen LogP contribution in [-0.2, 0) is 25.4 Å². The zero-order chi connectivity index (χ0) is 33.4. The molecule has 1 aromatic heterocycles. The number of likely N-dealkylation sites (tertiary alicyclic amines) is 1. The molecule has 0 saturated carbocycles. The fraction of sp³-hybridized carbons (Fsp3) is 0.472. The van der Waals surface area contributed by atoms with Crippen molar-refractivity contribution >= 4 is 46.4 Å². The van der Waals surface area contributed by atoms with E-state index < -0.39 is 30.5 Å². The molecule has 3 aliphatic rings. The molecule has 7 rings (SSSR count). The van der Waals surface area contributed by atoms with Gasteiger partial charge in [-0.1, -0.05) is 45.0 Å². The van der Waals surface area contributed by atoms with Crippen LogP contribution in [-0.4, -0.2) is 64.9 Å². The Bertz CT molecular complexity index is 1890. The number of hydrogen-bond donors (Lipinski definition) is 2. The number of aromatic amines is 1. The molecular weight excluding hydrogens is 595 g/mol. The molecule has 2 amide bonds. The number of amides is 2. The van der Waals surface area contributed by atoms with Gasteiger partial charge in [0.05, 0.1) is 35.4 Å². The average Bonchev–Trinajstić information content (AvgIpc) is 3.70. The smallest absolute Gasteiger partial charge is 0.488 e. The summed E-state index contributed by atoms with van der Waals surface area (Å²) in [5.74, 6) is 1.60. The number of benzene rings is 3. The number of imidazole rings is 1. The van der Waals surface area contributed by atoms with Crippen molar-refractivity contribution in [3.8, 4) is 16.9 Å². The van der Waals surface area contributed by atoms with Gasteiger partial charge in [0.25, 0.3) is 0 Å². The van der Waals surface area contributed by atoms with Crippen LogP contribution in [0.1, 0.15) is 72.3 Å². The van der Waals surface area contributed by atoms with E-state index in [0.717, 1.165) is 62.0 Å². The monoisotopic (exact) mass is 638 g/mol. The molecule has 1 unspecified atom stereocenters. The predicted molar refractivity (Wildman–Crippen MR) is 181 cm³/mol. The van der Waals surface area contributed by atoms with Crippen LogP contribution in [0.4, 0.5) is 4.79 Å². The van der Waals surface area contributed by atoms with E-state index in [2.05, 4.69) is 81.3 Å². The summed E-state index contributed by atoms with van der Waals surface area (Å²) in [5, 5.41) is 4.77. The lowest BCUT2D eigenvalue weighted by Crippen LogP contribution is -2.51. The number of nitrogens with zero attached hydrogens (tertiary/aromatic N) is 2. The summed E-state index contributed by atoms with van der Waals surface area (Å²) in [7, 11) is 0.871. The molecule has 47 heavy (non-hydrogen) atoms. The molecule has 4 aromatic rings. The van der Waals surface area contributed by atoms with Gasteiger partial charge in [0.2, 0.25) is 5.91 Å². The topological polar surface area (TPSA) is 115 Å². The number of rotatable bonds is 5. The molecular formula is C36H43BN4O6. The molecule has 2 saturated heterocycles. The Hall–Kier alpha value is -4.09. The standard InChI is InChI=1S/C36H43BN4O6/c1-19(2)30(40-34(43)44-8)33(42)41-17-20(3)13-28(41)32-38-27-12-9-21-15-26-24-11-10-23(37-46-35(4,5)36(6,7)47-37)14-22(24)18-45-29(26)16-25(21)31(27)39-32/h9-12,14-16,19-20,28,30H,13,17-18H2,1-8H3,(H,38,39)(H,40,43)/t20-,28-,30?/m0/s1. The predicted octanol–water partition coefficient (Wildman–Crippen LogP) is 5.86. The van der Waals surface area contributed by atoms with Crippen LogP contribution in [0, 0.1) is 11.8 Å². The highest BCUT2D eigenvalue weighted by Crippen LogP contribution is 2.43. The Morgan fingerprint density at radius 3 is 2.51 bits per heavy atom. The average molecular weight is 639 g/mol. The number of methoxy groups -OCH3 is 1. The van der Waals surface area contributed by atoms with Crippen molar-refractivity contribution in [3.63, 3.8) is 0 Å². The van der Waals surface area contributed by atoms with E-state index in [4.69, 9.17) is 23.8 Å². The highest BCUT2D eigenvalue weighted by atomic mass is 16.7. The van der Waals surface area contributed by atoms with Crippen molar-refractivity contribution in [3.05, 3.63) is 53.9 Å². The summed E-state index contributed by atoms with van der Waals surface area (Å²) in [6, 6.07) is 13.8. The number of carbonyl (C=O) groups excluding carboxylic acids is 2. The fourth-order valence-corrected chi connectivity index (χ4v) is 7.04. The number of hydrogen-bond acceptors (Lipinski definition) is 7. The lowest BCUT2D eigenvalue weighted by atomic mass is 9.77. The van der Waals surface area contributed by atoms with Gasteiger partial charge < -0.3 is 34.0 Å². The lowest BCUT2D eigenvalue weighted by Gasteiger charge is -2.32. The first-order valence-corrected chi connectivity index (χ1v) is 16.5. The minimum Gasteiger partial charge on any atom is -0.488 e. The van der Waals surface area contributed by atoms with Crippen molar-refractivity contribution in [2.45, 2.75) is 84.8 Å². The van der Waals surface area contributed by atoms with Gasteiger partial charge in [-0.3, -0.25) is 4.79 Å². The minimum absolute atomic E-state index is 0.107. The van der Waals surface area contributed by atoms with Gasteiger partial charge >= 0.3 is 13.2 Å². The molecule has 0 spiro atoms. The van der Waals surface area contributed by atoms with Gasteiger partial charge in [-0.05, 0) is 86.1 Å². The molecule has 10 nitrogen and oxygen atoms in total. The summed E-state index contributed by atoms with van der Waals surface area (Å²) in [4.78, 5) is 36.3. The van der Waals surface area contributed by atoms with Crippen molar-refractivity contribution in [2.24, 2.45) is 11.8 Å². The van der Waals surface area contributed by atoms with E-state index in [1.165, 1.54) is 7.11 Å². The van der Waals surface area contributed by atoms with Crippen LogP contribution >= 0.6 is 0 Å². The molecule has 246 valence electrons. The number of alkyl carbamates (subject to hydrolysis) is 1. The molecule has 0 aliphatic carbocycles. The molecule has 3 aromatic carbocycles. The van der Waals surface area contributed by atoms with Gasteiger partial charge in [-0.15, -0.1) is 0 Å². The molecule has 11 heteroatoms. The maximum atomic E-state index is 13.8. The maximum Gasteiger partial charge on any atom is 0.494 e. The highest BCUT2D eigenvalue weighted by Gasteiger charge is 2.52. The number of H-pyrrole nitrogens is 1.